The Morgan fingerprint density at radius 2 is 1.72 bits per heavy atom. The van der Waals surface area contributed by atoms with E-state index in [2.05, 4.69) is 67.4 Å². The van der Waals surface area contributed by atoms with E-state index in [-0.39, 0.29) is 11.9 Å². The van der Waals surface area contributed by atoms with E-state index >= 15 is 0 Å². The summed E-state index contributed by atoms with van der Waals surface area (Å²) in [4.78, 5) is 15.1. The molecule has 5 rings (SSSR count). The quantitative estimate of drug-likeness (QED) is 0.197. The van der Waals surface area contributed by atoms with Crippen LogP contribution >= 0.6 is 11.8 Å². The normalized spacial score (nSPS) is 14.3. The number of nitrogens with one attached hydrogen (secondary N) is 1. The number of likely N-dealkylation sites (tertiary alicyclic amines) is 1. The van der Waals surface area contributed by atoms with E-state index in [0.717, 1.165) is 72.6 Å². The summed E-state index contributed by atoms with van der Waals surface area (Å²) in [5.41, 5.74) is 3.28. The van der Waals surface area contributed by atoms with Gasteiger partial charge < -0.3 is 10.1 Å². The molecule has 0 atom stereocenters. The molecule has 39 heavy (non-hydrogen) atoms. The van der Waals surface area contributed by atoms with Crippen molar-refractivity contribution in [3.63, 3.8) is 0 Å². The molecule has 0 radical (unpaired) electrons. The minimum Gasteiger partial charge on any atom is -0.497 e. The van der Waals surface area contributed by atoms with Gasteiger partial charge in [-0.15, -0.1) is 10.2 Å². The number of hydrogen-bond donors (Lipinski definition) is 1. The molecule has 4 aromatic rings. The molecule has 1 fully saturated rings. The molecule has 8 heteroatoms. The topological polar surface area (TPSA) is 72.3 Å². The fourth-order valence-corrected chi connectivity index (χ4v) is 5.79. The van der Waals surface area contributed by atoms with Crippen LogP contribution < -0.4 is 10.1 Å². The van der Waals surface area contributed by atoms with Gasteiger partial charge in [0.2, 0.25) is 5.91 Å². The highest BCUT2D eigenvalue weighted by Gasteiger charge is 2.21. The minimum absolute atomic E-state index is 0.138. The van der Waals surface area contributed by atoms with Crippen molar-refractivity contribution >= 4 is 17.7 Å². The highest BCUT2D eigenvalue weighted by atomic mass is 32.2. The maximum absolute atomic E-state index is 12.7. The number of ether oxygens (including phenoxy) is 1. The summed E-state index contributed by atoms with van der Waals surface area (Å²) in [5, 5.41) is 13.1. The number of methoxy groups -OCH3 is 1. The maximum atomic E-state index is 12.7. The summed E-state index contributed by atoms with van der Waals surface area (Å²) in [6.07, 6.45) is 3.29. The standard InChI is InChI=1S/C31H35N5O2S/c1-38-28-15-8-12-25(22-28)30-33-34-31(36(30)27-13-6-3-7-14-27)39-21-9-16-29(37)32-26-17-19-35(20-18-26)23-24-10-4-2-5-11-24/h2-8,10-15,22,26H,9,16-21,23H2,1H3,(H,32,37). The Balaban J connectivity index is 1.12. The maximum Gasteiger partial charge on any atom is 0.220 e. The fraction of sp³-hybridized carbons (Fsp3) is 0.323. The van der Waals surface area contributed by atoms with Crippen molar-refractivity contribution in [2.24, 2.45) is 0 Å². The van der Waals surface area contributed by atoms with E-state index in [9.17, 15) is 4.79 Å². The number of benzene rings is 3. The average molecular weight is 542 g/mol. The van der Waals surface area contributed by atoms with E-state index in [1.807, 2.05) is 42.5 Å². The zero-order valence-corrected chi connectivity index (χ0v) is 23.1. The van der Waals surface area contributed by atoms with Crippen LogP contribution in [0.4, 0.5) is 0 Å². The van der Waals surface area contributed by atoms with Gasteiger partial charge >= 0.3 is 0 Å². The molecule has 1 aliphatic heterocycles. The van der Waals surface area contributed by atoms with Crippen LogP contribution in [0.5, 0.6) is 5.75 Å². The zero-order chi connectivity index (χ0) is 26.9. The highest BCUT2D eigenvalue weighted by molar-refractivity contribution is 7.99. The van der Waals surface area contributed by atoms with Crippen LogP contribution in [0.3, 0.4) is 0 Å². The van der Waals surface area contributed by atoms with Crippen LogP contribution in [0.15, 0.2) is 90.1 Å². The van der Waals surface area contributed by atoms with Crippen molar-refractivity contribution in [2.45, 2.75) is 43.4 Å². The molecule has 0 bridgehead atoms. The van der Waals surface area contributed by atoms with Crippen molar-refractivity contribution in [2.75, 3.05) is 26.0 Å². The molecular formula is C31H35N5O2S. The first-order valence-electron chi connectivity index (χ1n) is 13.5. The van der Waals surface area contributed by atoms with Crippen LogP contribution in [-0.2, 0) is 11.3 Å². The molecule has 1 N–H and O–H groups in total. The Bertz CT molecular complexity index is 1340. The lowest BCUT2D eigenvalue weighted by molar-refractivity contribution is -0.122. The lowest BCUT2D eigenvalue weighted by atomic mass is 10.0. The van der Waals surface area contributed by atoms with Gasteiger partial charge in [0, 0.05) is 49.1 Å². The zero-order valence-electron chi connectivity index (χ0n) is 22.3. The molecule has 7 nitrogen and oxygen atoms in total. The lowest BCUT2D eigenvalue weighted by Crippen LogP contribution is -2.44. The third-order valence-corrected chi connectivity index (χ3v) is 7.97. The summed E-state index contributed by atoms with van der Waals surface area (Å²) in [6.45, 7) is 3.01. The third kappa shape index (κ3) is 7.28. The largest absolute Gasteiger partial charge is 0.497 e. The first kappa shape index (κ1) is 27.0. The molecule has 202 valence electrons. The molecule has 0 spiro atoms. The molecule has 0 aliphatic carbocycles. The Hall–Kier alpha value is -3.62. The van der Waals surface area contributed by atoms with Crippen LogP contribution in [-0.4, -0.2) is 57.6 Å². The number of amides is 1. The minimum atomic E-state index is 0.138. The second-order valence-electron chi connectivity index (χ2n) is 9.76. The summed E-state index contributed by atoms with van der Waals surface area (Å²) < 4.78 is 7.48. The van der Waals surface area contributed by atoms with Gasteiger partial charge in [-0.2, -0.15) is 0 Å². The number of rotatable bonds is 11. The molecule has 1 aromatic heterocycles. The van der Waals surface area contributed by atoms with Gasteiger partial charge in [0.1, 0.15) is 5.75 Å². The summed E-state index contributed by atoms with van der Waals surface area (Å²) in [6, 6.07) is 28.8. The number of piperidine rings is 1. The molecule has 1 aliphatic rings. The predicted octanol–water partition coefficient (Wildman–Crippen LogP) is 5.60. The Morgan fingerprint density at radius 3 is 2.46 bits per heavy atom. The number of para-hydroxylation sites is 1. The molecule has 0 unspecified atom stereocenters. The fourth-order valence-electron chi connectivity index (χ4n) is 4.90. The number of aromatic nitrogens is 3. The lowest BCUT2D eigenvalue weighted by Gasteiger charge is -2.32. The van der Waals surface area contributed by atoms with Crippen molar-refractivity contribution in [3.8, 4) is 22.8 Å². The summed E-state index contributed by atoms with van der Waals surface area (Å²) in [5.74, 6) is 2.46. The number of nitrogens with zero attached hydrogens (tertiary/aromatic N) is 4. The number of carbonyl (C=O) groups excluding carboxylic acids is 1. The molecule has 3 aromatic carbocycles. The molecule has 1 saturated heterocycles. The van der Waals surface area contributed by atoms with Gasteiger partial charge in [-0.1, -0.05) is 72.4 Å². The van der Waals surface area contributed by atoms with Gasteiger partial charge in [0.15, 0.2) is 11.0 Å². The van der Waals surface area contributed by atoms with E-state index in [1.54, 1.807) is 18.9 Å². The van der Waals surface area contributed by atoms with Crippen LogP contribution in [0.1, 0.15) is 31.2 Å². The predicted molar refractivity (Wildman–Crippen MR) is 156 cm³/mol. The highest BCUT2D eigenvalue weighted by Crippen LogP contribution is 2.30. The van der Waals surface area contributed by atoms with Gasteiger partial charge in [-0.05, 0) is 49.1 Å². The van der Waals surface area contributed by atoms with E-state index in [1.165, 1.54) is 5.56 Å². The monoisotopic (exact) mass is 541 g/mol. The second kappa shape index (κ2) is 13.4. The summed E-state index contributed by atoms with van der Waals surface area (Å²) >= 11 is 1.63. The van der Waals surface area contributed by atoms with Gasteiger partial charge in [-0.25, -0.2) is 0 Å². The van der Waals surface area contributed by atoms with Crippen molar-refractivity contribution < 1.29 is 9.53 Å². The van der Waals surface area contributed by atoms with Crippen LogP contribution in [0, 0.1) is 0 Å². The Labute approximate surface area is 234 Å². The van der Waals surface area contributed by atoms with Crippen LogP contribution in [0.25, 0.3) is 17.1 Å². The third-order valence-electron chi connectivity index (χ3n) is 6.96. The number of hydrogen-bond acceptors (Lipinski definition) is 6. The summed E-state index contributed by atoms with van der Waals surface area (Å²) in [7, 11) is 1.66. The SMILES string of the molecule is COc1cccc(-c2nnc(SCCCC(=O)NC3CCN(Cc4ccccc4)CC3)n2-c2ccccc2)c1. The number of carbonyl (C=O) groups is 1. The van der Waals surface area contributed by atoms with E-state index < -0.39 is 0 Å². The van der Waals surface area contributed by atoms with Gasteiger partial charge in [0.05, 0.1) is 7.11 Å². The van der Waals surface area contributed by atoms with Crippen molar-refractivity contribution in [1.29, 1.82) is 0 Å². The van der Waals surface area contributed by atoms with Gasteiger partial charge in [0.25, 0.3) is 0 Å². The first-order chi connectivity index (χ1) is 19.2. The number of thioether (sulfide) groups is 1. The first-order valence-corrected chi connectivity index (χ1v) is 14.5. The molecule has 2 heterocycles. The molecular weight excluding hydrogens is 506 g/mol. The Kier molecular flexibility index (Phi) is 9.30. The van der Waals surface area contributed by atoms with E-state index in [4.69, 9.17) is 4.74 Å². The van der Waals surface area contributed by atoms with Gasteiger partial charge in [-0.3, -0.25) is 14.3 Å². The van der Waals surface area contributed by atoms with Crippen molar-refractivity contribution in [1.82, 2.24) is 25.0 Å². The molecule has 0 saturated carbocycles. The van der Waals surface area contributed by atoms with Crippen molar-refractivity contribution in [3.05, 3.63) is 90.5 Å². The second-order valence-corrected chi connectivity index (χ2v) is 10.8. The van der Waals surface area contributed by atoms with Crippen LogP contribution in [0.2, 0.25) is 0 Å². The average Bonchev–Trinajstić information content (AvgIpc) is 3.41. The molecule has 1 amide bonds. The van der Waals surface area contributed by atoms with E-state index in [0.29, 0.717) is 6.42 Å². The Morgan fingerprint density at radius 1 is 0.974 bits per heavy atom. The smallest absolute Gasteiger partial charge is 0.220 e.